The van der Waals surface area contributed by atoms with Crippen molar-refractivity contribution >= 4 is 33.2 Å². The molecular weight excluding hydrogens is 379 g/mol. The molecule has 5 nitrogen and oxygen atoms in total. The van der Waals surface area contributed by atoms with Crippen LogP contribution >= 0.6 is 11.6 Å². The Morgan fingerprint density at radius 2 is 1.92 bits per heavy atom. The molecule has 0 N–H and O–H groups in total. The Morgan fingerprint density at radius 3 is 2.62 bits per heavy atom. The summed E-state index contributed by atoms with van der Waals surface area (Å²) in [5, 5.41) is 0.0522. The normalized spacial score (nSPS) is 14.4. The van der Waals surface area contributed by atoms with E-state index in [4.69, 9.17) is 11.6 Å². The number of halogens is 2. The summed E-state index contributed by atoms with van der Waals surface area (Å²) < 4.78 is 39.3. The SMILES string of the molecule is CN(C)S(=O)(=O)c1cc(C(=O)N2CCCc3cc(F)ccc32)ccc1Cl. The average molecular weight is 397 g/mol. The first-order chi connectivity index (χ1) is 12.2. The Labute approximate surface area is 157 Å². The molecule has 0 aromatic heterocycles. The van der Waals surface area contributed by atoms with Crippen molar-refractivity contribution in [3.8, 4) is 0 Å². The molecule has 1 amide bonds. The van der Waals surface area contributed by atoms with Crippen LogP contribution in [0.25, 0.3) is 0 Å². The lowest BCUT2D eigenvalue weighted by atomic mass is 10.0. The fourth-order valence-corrected chi connectivity index (χ4v) is 4.36. The summed E-state index contributed by atoms with van der Waals surface area (Å²) in [5.41, 5.74) is 1.63. The standard InChI is InChI=1S/C18H18ClFN2O3S/c1-21(2)26(24,25)17-11-13(5-7-15(17)19)18(23)22-9-3-4-12-10-14(20)6-8-16(12)22/h5-8,10-11H,3-4,9H2,1-2H3. The fraction of sp³-hybridized carbons (Fsp3) is 0.278. The fourth-order valence-electron chi connectivity index (χ4n) is 2.96. The van der Waals surface area contributed by atoms with E-state index >= 15 is 0 Å². The molecule has 0 spiro atoms. The van der Waals surface area contributed by atoms with E-state index in [2.05, 4.69) is 0 Å². The van der Waals surface area contributed by atoms with Crippen molar-refractivity contribution in [2.45, 2.75) is 17.7 Å². The Kier molecular flexibility index (Phi) is 5.05. The zero-order valence-corrected chi connectivity index (χ0v) is 15.9. The summed E-state index contributed by atoms with van der Waals surface area (Å²) in [6, 6.07) is 8.51. The first-order valence-corrected chi connectivity index (χ1v) is 9.86. The van der Waals surface area contributed by atoms with E-state index in [9.17, 15) is 17.6 Å². The van der Waals surface area contributed by atoms with Crippen LogP contribution in [0.4, 0.5) is 10.1 Å². The first kappa shape index (κ1) is 18.8. The van der Waals surface area contributed by atoms with Gasteiger partial charge in [-0.1, -0.05) is 11.6 Å². The van der Waals surface area contributed by atoms with Crippen molar-refractivity contribution in [2.75, 3.05) is 25.5 Å². The van der Waals surface area contributed by atoms with Gasteiger partial charge in [-0.2, -0.15) is 0 Å². The van der Waals surface area contributed by atoms with Crippen LogP contribution in [0.3, 0.4) is 0 Å². The summed E-state index contributed by atoms with van der Waals surface area (Å²) in [6.45, 7) is 0.482. The van der Waals surface area contributed by atoms with Gasteiger partial charge in [0.2, 0.25) is 10.0 Å². The van der Waals surface area contributed by atoms with Gasteiger partial charge in [-0.05, 0) is 54.8 Å². The van der Waals surface area contributed by atoms with E-state index in [0.29, 0.717) is 25.1 Å². The lowest BCUT2D eigenvalue weighted by molar-refractivity contribution is 0.0985. The summed E-state index contributed by atoms with van der Waals surface area (Å²) in [7, 11) is -0.983. The van der Waals surface area contributed by atoms with Crippen LogP contribution in [-0.2, 0) is 16.4 Å². The van der Waals surface area contributed by atoms with Crippen molar-refractivity contribution in [3.05, 3.63) is 58.4 Å². The van der Waals surface area contributed by atoms with Gasteiger partial charge >= 0.3 is 0 Å². The highest BCUT2D eigenvalue weighted by molar-refractivity contribution is 7.89. The van der Waals surface area contributed by atoms with Gasteiger partial charge in [-0.3, -0.25) is 4.79 Å². The van der Waals surface area contributed by atoms with Gasteiger partial charge in [0, 0.05) is 31.9 Å². The molecule has 0 radical (unpaired) electrons. The van der Waals surface area contributed by atoms with Crippen LogP contribution in [0.5, 0.6) is 0 Å². The summed E-state index contributed by atoms with van der Waals surface area (Å²) in [6.07, 6.45) is 1.40. The van der Waals surface area contributed by atoms with Gasteiger partial charge in [0.25, 0.3) is 5.91 Å². The number of carbonyl (C=O) groups excluding carboxylic acids is 1. The van der Waals surface area contributed by atoms with Crippen LogP contribution in [-0.4, -0.2) is 39.3 Å². The van der Waals surface area contributed by atoms with Gasteiger partial charge in [-0.25, -0.2) is 17.1 Å². The number of carbonyl (C=O) groups is 1. The highest BCUT2D eigenvalue weighted by atomic mass is 35.5. The molecule has 0 atom stereocenters. The molecule has 138 valence electrons. The Morgan fingerprint density at radius 1 is 1.19 bits per heavy atom. The van der Waals surface area contributed by atoms with Crippen molar-refractivity contribution in [1.82, 2.24) is 4.31 Å². The third-order valence-electron chi connectivity index (χ3n) is 4.34. The number of rotatable bonds is 3. The number of hydrogen-bond donors (Lipinski definition) is 0. The van der Waals surface area contributed by atoms with E-state index in [0.717, 1.165) is 9.87 Å². The number of nitrogens with zero attached hydrogens (tertiary/aromatic N) is 2. The predicted octanol–water partition coefficient (Wildman–Crippen LogP) is 3.32. The van der Waals surface area contributed by atoms with Crippen molar-refractivity contribution in [1.29, 1.82) is 0 Å². The zero-order valence-electron chi connectivity index (χ0n) is 14.4. The molecule has 2 aromatic carbocycles. The van der Waals surface area contributed by atoms with Crippen LogP contribution in [0, 0.1) is 5.82 Å². The molecule has 8 heteroatoms. The molecule has 1 heterocycles. The lowest BCUT2D eigenvalue weighted by Gasteiger charge is -2.29. The molecule has 1 aliphatic rings. The number of hydrogen-bond acceptors (Lipinski definition) is 3. The highest BCUT2D eigenvalue weighted by Crippen LogP contribution is 2.31. The quantitative estimate of drug-likeness (QED) is 0.799. The topological polar surface area (TPSA) is 57.7 Å². The van der Waals surface area contributed by atoms with Gasteiger partial charge in [0.05, 0.1) is 5.02 Å². The smallest absolute Gasteiger partial charge is 0.258 e. The zero-order chi connectivity index (χ0) is 19.1. The van der Waals surface area contributed by atoms with Crippen molar-refractivity contribution < 1.29 is 17.6 Å². The number of aryl methyl sites for hydroxylation is 1. The predicted molar refractivity (Wildman–Crippen MR) is 98.7 cm³/mol. The van der Waals surface area contributed by atoms with Crippen LogP contribution < -0.4 is 4.90 Å². The molecular formula is C18H18ClFN2O3S. The molecule has 26 heavy (non-hydrogen) atoms. The molecule has 1 aliphatic heterocycles. The Bertz CT molecular complexity index is 976. The van der Waals surface area contributed by atoms with Crippen LogP contribution in [0.15, 0.2) is 41.3 Å². The number of amides is 1. The second kappa shape index (κ2) is 6.98. The molecule has 0 aliphatic carbocycles. The van der Waals surface area contributed by atoms with E-state index in [1.165, 1.54) is 44.4 Å². The van der Waals surface area contributed by atoms with E-state index in [1.54, 1.807) is 11.0 Å². The second-order valence-corrected chi connectivity index (χ2v) is 8.79. The summed E-state index contributed by atoms with van der Waals surface area (Å²) in [4.78, 5) is 14.4. The average Bonchev–Trinajstić information content (AvgIpc) is 2.60. The van der Waals surface area contributed by atoms with Gasteiger partial charge < -0.3 is 4.90 Å². The van der Waals surface area contributed by atoms with E-state index in [-0.39, 0.29) is 27.2 Å². The maximum absolute atomic E-state index is 13.5. The number of anilines is 1. The van der Waals surface area contributed by atoms with Crippen LogP contribution in [0.2, 0.25) is 5.02 Å². The minimum atomic E-state index is -3.78. The van der Waals surface area contributed by atoms with Crippen molar-refractivity contribution in [3.63, 3.8) is 0 Å². The minimum Gasteiger partial charge on any atom is -0.308 e. The summed E-state index contributed by atoms with van der Waals surface area (Å²) >= 11 is 6.04. The van der Waals surface area contributed by atoms with Gasteiger partial charge in [-0.15, -0.1) is 0 Å². The lowest BCUT2D eigenvalue weighted by Crippen LogP contribution is -2.35. The number of benzene rings is 2. The summed E-state index contributed by atoms with van der Waals surface area (Å²) in [5.74, 6) is -0.687. The van der Waals surface area contributed by atoms with Crippen LogP contribution in [0.1, 0.15) is 22.3 Å². The third kappa shape index (κ3) is 3.34. The van der Waals surface area contributed by atoms with E-state index in [1.807, 2.05) is 0 Å². The van der Waals surface area contributed by atoms with E-state index < -0.39 is 10.0 Å². The maximum Gasteiger partial charge on any atom is 0.258 e. The molecule has 3 rings (SSSR count). The highest BCUT2D eigenvalue weighted by Gasteiger charge is 2.27. The molecule has 2 aromatic rings. The molecule has 0 bridgehead atoms. The largest absolute Gasteiger partial charge is 0.308 e. The molecule has 0 saturated carbocycles. The molecule has 0 saturated heterocycles. The molecule has 0 fully saturated rings. The Balaban J connectivity index is 2.03. The minimum absolute atomic E-state index is 0.0522. The number of fused-ring (bicyclic) bond motifs is 1. The van der Waals surface area contributed by atoms with Gasteiger partial charge in [0.1, 0.15) is 10.7 Å². The van der Waals surface area contributed by atoms with Crippen molar-refractivity contribution in [2.24, 2.45) is 0 Å². The first-order valence-electron chi connectivity index (χ1n) is 8.04. The maximum atomic E-state index is 13.5. The third-order valence-corrected chi connectivity index (χ3v) is 6.64. The monoisotopic (exact) mass is 396 g/mol. The Hall–Kier alpha value is -1.96. The van der Waals surface area contributed by atoms with Gasteiger partial charge in [0.15, 0.2) is 0 Å². The number of sulfonamides is 1. The second-order valence-electron chi connectivity index (χ2n) is 6.27. The molecule has 0 unspecified atom stereocenters.